The summed E-state index contributed by atoms with van der Waals surface area (Å²) in [5, 5.41) is 20.5. The number of nitrogens with zero attached hydrogens (tertiary/aromatic N) is 5. The van der Waals surface area contributed by atoms with E-state index in [0.29, 0.717) is 23.6 Å². The Kier molecular flexibility index (Phi) is 5.59. The third-order valence-corrected chi connectivity index (χ3v) is 8.12. The van der Waals surface area contributed by atoms with Crippen LogP contribution in [-0.2, 0) is 16.1 Å². The van der Waals surface area contributed by atoms with Gasteiger partial charge in [0.2, 0.25) is 11.8 Å². The number of aromatic nitrogens is 3. The van der Waals surface area contributed by atoms with E-state index in [4.69, 9.17) is 0 Å². The number of aliphatic hydroxyl groups excluding tert-OH is 1. The SMILES string of the molecule is O=C1CCC(N2Cc3cc(-n4cc(C(=O)N5[C@H](CO)C[C@@H]6CCCC[C@@H]65)nn4)ccc3C2=O)C(=O)N1. The standard InChI is InChI=1S/C25H28N6O5/c32-13-17-9-14-3-1-2-4-20(14)31(17)25(36)19-12-30(28-27-19)16-5-6-18-15(10-16)11-29(24(18)35)21-7-8-22(33)26-23(21)34/h5-6,10,12,14,17,20-21,32H,1-4,7-9,11,13H2,(H,26,33,34)/t14-,17-,20-,21?/m0/s1. The van der Waals surface area contributed by atoms with Gasteiger partial charge in [0.15, 0.2) is 5.69 Å². The number of hydrogen-bond acceptors (Lipinski definition) is 7. The Morgan fingerprint density at radius 2 is 1.97 bits per heavy atom. The van der Waals surface area contributed by atoms with Gasteiger partial charge in [-0.1, -0.05) is 18.1 Å². The van der Waals surface area contributed by atoms with Crippen LogP contribution in [0.15, 0.2) is 24.4 Å². The van der Waals surface area contributed by atoms with Gasteiger partial charge in [-0.3, -0.25) is 24.5 Å². The van der Waals surface area contributed by atoms with E-state index in [9.17, 15) is 24.3 Å². The first-order chi connectivity index (χ1) is 17.4. The molecule has 3 aliphatic heterocycles. The van der Waals surface area contributed by atoms with Crippen LogP contribution in [0.5, 0.6) is 0 Å². The van der Waals surface area contributed by atoms with Crippen molar-refractivity contribution in [3.05, 3.63) is 41.2 Å². The summed E-state index contributed by atoms with van der Waals surface area (Å²) in [6.45, 7) is 0.194. The van der Waals surface area contributed by atoms with E-state index in [1.165, 1.54) is 16.0 Å². The maximum absolute atomic E-state index is 13.4. The van der Waals surface area contributed by atoms with Gasteiger partial charge in [0.1, 0.15) is 6.04 Å². The summed E-state index contributed by atoms with van der Waals surface area (Å²) in [6.07, 6.45) is 7.20. The van der Waals surface area contributed by atoms with Crippen molar-refractivity contribution in [2.45, 2.75) is 69.6 Å². The molecule has 4 atom stereocenters. The summed E-state index contributed by atoms with van der Waals surface area (Å²) in [4.78, 5) is 53.4. The van der Waals surface area contributed by atoms with Gasteiger partial charge >= 0.3 is 0 Å². The molecule has 4 amide bonds. The van der Waals surface area contributed by atoms with Crippen LogP contribution in [0, 0.1) is 5.92 Å². The number of piperidine rings is 1. The first-order valence-electron chi connectivity index (χ1n) is 12.6. The van der Waals surface area contributed by atoms with Crippen LogP contribution >= 0.6 is 0 Å². The molecule has 2 saturated heterocycles. The quantitative estimate of drug-likeness (QED) is 0.602. The number of carbonyl (C=O) groups excluding carboxylic acids is 4. The highest BCUT2D eigenvalue weighted by Gasteiger charge is 2.45. The summed E-state index contributed by atoms with van der Waals surface area (Å²) in [6, 6.07) is 4.50. The van der Waals surface area contributed by atoms with Gasteiger partial charge in [-0.15, -0.1) is 5.10 Å². The summed E-state index contributed by atoms with van der Waals surface area (Å²) < 4.78 is 1.51. The average Bonchev–Trinajstić information content (AvgIpc) is 3.59. The van der Waals surface area contributed by atoms with Crippen LogP contribution in [0.25, 0.3) is 5.69 Å². The van der Waals surface area contributed by atoms with Crippen molar-refractivity contribution in [1.29, 1.82) is 0 Å². The number of amides is 4. The minimum atomic E-state index is -0.676. The smallest absolute Gasteiger partial charge is 0.276 e. The monoisotopic (exact) mass is 492 g/mol. The number of benzene rings is 1. The van der Waals surface area contributed by atoms with Crippen molar-refractivity contribution in [2.24, 2.45) is 5.92 Å². The van der Waals surface area contributed by atoms with E-state index in [-0.39, 0.29) is 55.1 Å². The number of fused-ring (bicyclic) bond motifs is 2. The normalized spacial score (nSPS) is 27.8. The highest BCUT2D eigenvalue weighted by molar-refractivity contribution is 6.05. The van der Waals surface area contributed by atoms with E-state index in [1.807, 2.05) is 11.0 Å². The molecule has 11 heteroatoms. The molecule has 4 aliphatic rings. The van der Waals surface area contributed by atoms with Gasteiger partial charge in [0.05, 0.1) is 24.5 Å². The number of aliphatic hydroxyl groups is 1. The van der Waals surface area contributed by atoms with Crippen LogP contribution < -0.4 is 5.32 Å². The van der Waals surface area contributed by atoms with Crippen LogP contribution in [0.3, 0.4) is 0 Å². The fourth-order valence-corrected chi connectivity index (χ4v) is 6.37. The molecule has 2 N–H and O–H groups in total. The second-order valence-electron chi connectivity index (χ2n) is 10.2. The Labute approximate surface area is 207 Å². The van der Waals surface area contributed by atoms with Gasteiger partial charge < -0.3 is 14.9 Å². The second kappa shape index (κ2) is 8.81. The first-order valence-corrected chi connectivity index (χ1v) is 12.6. The third kappa shape index (κ3) is 3.69. The largest absolute Gasteiger partial charge is 0.394 e. The van der Waals surface area contributed by atoms with Crippen molar-refractivity contribution >= 4 is 23.6 Å². The lowest BCUT2D eigenvalue weighted by molar-refractivity contribution is -0.136. The molecule has 11 nitrogen and oxygen atoms in total. The van der Waals surface area contributed by atoms with Crippen LogP contribution in [0.1, 0.15) is 71.4 Å². The molecule has 1 aliphatic carbocycles. The predicted molar refractivity (Wildman–Crippen MR) is 125 cm³/mol. The van der Waals surface area contributed by atoms with Crippen LogP contribution in [0.2, 0.25) is 0 Å². The highest BCUT2D eigenvalue weighted by atomic mass is 16.3. The van der Waals surface area contributed by atoms with Gasteiger partial charge in [0, 0.05) is 24.6 Å². The molecule has 6 rings (SSSR count). The maximum atomic E-state index is 13.4. The lowest BCUT2D eigenvalue weighted by Gasteiger charge is -2.33. The topological polar surface area (TPSA) is 138 Å². The Balaban J connectivity index is 1.22. The molecule has 0 bridgehead atoms. The molecule has 0 spiro atoms. The second-order valence-corrected chi connectivity index (χ2v) is 10.2. The van der Waals surface area contributed by atoms with E-state index in [2.05, 4.69) is 15.6 Å². The van der Waals surface area contributed by atoms with Gasteiger partial charge in [-0.25, -0.2) is 4.68 Å². The lowest BCUT2D eigenvalue weighted by Crippen LogP contribution is -2.52. The summed E-state index contributed by atoms with van der Waals surface area (Å²) in [7, 11) is 0. The Morgan fingerprint density at radius 3 is 2.78 bits per heavy atom. The molecule has 36 heavy (non-hydrogen) atoms. The molecule has 0 radical (unpaired) electrons. The maximum Gasteiger partial charge on any atom is 0.276 e. The third-order valence-electron chi connectivity index (χ3n) is 8.12. The van der Waals surface area contributed by atoms with Crippen molar-refractivity contribution < 1.29 is 24.3 Å². The molecule has 1 unspecified atom stereocenters. The molecule has 188 valence electrons. The van der Waals surface area contributed by atoms with Crippen LogP contribution in [0.4, 0.5) is 0 Å². The zero-order chi connectivity index (χ0) is 25.0. The lowest BCUT2D eigenvalue weighted by atomic mass is 9.85. The molecular formula is C25H28N6O5. The van der Waals surface area contributed by atoms with Crippen molar-refractivity contribution in [1.82, 2.24) is 30.1 Å². The molecule has 3 fully saturated rings. The molecule has 1 aromatic heterocycles. The van der Waals surface area contributed by atoms with Gasteiger partial charge in [0.25, 0.3) is 11.8 Å². The van der Waals surface area contributed by atoms with Gasteiger partial charge in [-0.2, -0.15) is 0 Å². The molecule has 1 saturated carbocycles. The van der Waals surface area contributed by atoms with Crippen LogP contribution in [-0.4, -0.2) is 78.3 Å². The zero-order valence-electron chi connectivity index (χ0n) is 19.8. The minimum Gasteiger partial charge on any atom is -0.394 e. The Hall–Kier alpha value is -3.60. The predicted octanol–water partition coefficient (Wildman–Crippen LogP) is 0.794. The number of rotatable bonds is 4. The zero-order valence-corrected chi connectivity index (χ0v) is 19.8. The first kappa shape index (κ1) is 22.8. The van der Waals surface area contributed by atoms with E-state index in [0.717, 1.165) is 31.2 Å². The Bertz CT molecular complexity index is 1260. The molecule has 2 aromatic rings. The van der Waals surface area contributed by atoms with Crippen molar-refractivity contribution in [2.75, 3.05) is 6.61 Å². The van der Waals surface area contributed by atoms with E-state index in [1.54, 1.807) is 18.3 Å². The molecule has 4 heterocycles. The summed E-state index contributed by atoms with van der Waals surface area (Å²) in [5.41, 5.74) is 2.12. The number of nitrogens with one attached hydrogen (secondary N) is 1. The molecular weight excluding hydrogens is 464 g/mol. The molecule has 1 aromatic carbocycles. The number of likely N-dealkylation sites (tertiary alicyclic amines) is 1. The van der Waals surface area contributed by atoms with E-state index >= 15 is 0 Å². The summed E-state index contributed by atoms with van der Waals surface area (Å²) in [5.74, 6) is -0.800. The number of imide groups is 1. The van der Waals surface area contributed by atoms with Crippen molar-refractivity contribution in [3.63, 3.8) is 0 Å². The summed E-state index contributed by atoms with van der Waals surface area (Å²) >= 11 is 0. The minimum absolute atomic E-state index is 0.0601. The fraction of sp³-hybridized carbons (Fsp3) is 0.520. The number of hydrogen-bond donors (Lipinski definition) is 2. The highest BCUT2D eigenvalue weighted by Crippen LogP contribution is 2.40. The van der Waals surface area contributed by atoms with Gasteiger partial charge in [-0.05, 0) is 55.4 Å². The van der Waals surface area contributed by atoms with E-state index < -0.39 is 11.9 Å². The van der Waals surface area contributed by atoms with Crippen molar-refractivity contribution in [3.8, 4) is 5.69 Å². The number of carbonyl (C=O) groups is 4. The fourth-order valence-electron chi connectivity index (χ4n) is 6.37. The Morgan fingerprint density at radius 1 is 1.14 bits per heavy atom. The average molecular weight is 493 g/mol.